The highest BCUT2D eigenvalue weighted by atomic mass is 16.1. The van der Waals surface area contributed by atoms with Gasteiger partial charge in [0, 0.05) is 24.8 Å². The highest BCUT2D eigenvalue weighted by Gasteiger charge is 2.27. The Kier molecular flexibility index (Phi) is 4.35. The number of aromatic nitrogens is 2. The van der Waals surface area contributed by atoms with Crippen molar-refractivity contribution in [2.24, 2.45) is 0 Å². The van der Waals surface area contributed by atoms with E-state index in [2.05, 4.69) is 20.4 Å². The monoisotopic (exact) mass is 276 g/mol. The molecule has 5 nitrogen and oxygen atoms in total. The van der Waals surface area contributed by atoms with E-state index in [0.29, 0.717) is 5.56 Å². The van der Waals surface area contributed by atoms with Gasteiger partial charge in [0.2, 0.25) is 0 Å². The van der Waals surface area contributed by atoms with Crippen LogP contribution in [0.2, 0.25) is 0 Å². The second-order valence-corrected chi connectivity index (χ2v) is 6.09. The number of likely N-dealkylation sites (tertiary alicyclic amines) is 1. The lowest BCUT2D eigenvalue weighted by Crippen LogP contribution is -2.51. The number of rotatable bonds is 3. The molecule has 0 bridgehead atoms. The molecule has 1 amide bonds. The third kappa shape index (κ3) is 3.20. The average molecular weight is 276 g/mol. The maximum Gasteiger partial charge on any atom is 0.254 e. The third-order valence-corrected chi connectivity index (χ3v) is 4.64. The summed E-state index contributed by atoms with van der Waals surface area (Å²) in [5.74, 6) is -0.00533. The Morgan fingerprint density at radius 1 is 1.25 bits per heavy atom. The Bertz CT molecular complexity index is 425. The van der Waals surface area contributed by atoms with Crippen LogP contribution in [0, 0.1) is 0 Å². The van der Waals surface area contributed by atoms with Crippen molar-refractivity contribution >= 4 is 5.91 Å². The van der Waals surface area contributed by atoms with Crippen LogP contribution >= 0.6 is 0 Å². The second kappa shape index (κ2) is 6.39. The molecule has 2 fully saturated rings. The molecule has 1 saturated heterocycles. The fraction of sp³-hybridized carbons (Fsp3) is 0.733. The average Bonchev–Trinajstić information content (AvgIpc) is 3.03. The first-order chi connectivity index (χ1) is 9.83. The zero-order chi connectivity index (χ0) is 13.8. The lowest BCUT2D eigenvalue weighted by Gasteiger charge is -2.40. The minimum Gasteiger partial charge on any atom is -0.348 e. The van der Waals surface area contributed by atoms with Gasteiger partial charge in [-0.3, -0.25) is 14.8 Å². The molecule has 1 aliphatic heterocycles. The van der Waals surface area contributed by atoms with E-state index in [1.54, 1.807) is 12.4 Å². The maximum atomic E-state index is 12.1. The molecule has 0 unspecified atom stereocenters. The van der Waals surface area contributed by atoms with Crippen LogP contribution in [-0.4, -0.2) is 46.2 Å². The highest BCUT2D eigenvalue weighted by molar-refractivity contribution is 5.93. The molecule has 1 aromatic rings. The number of carbonyl (C=O) groups excluding carboxylic acids is 1. The van der Waals surface area contributed by atoms with Gasteiger partial charge in [-0.15, -0.1) is 0 Å². The van der Waals surface area contributed by atoms with Crippen molar-refractivity contribution in [3.8, 4) is 0 Å². The topological polar surface area (TPSA) is 61.0 Å². The third-order valence-electron chi connectivity index (χ3n) is 4.64. The smallest absolute Gasteiger partial charge is 0.254 e. The Balaban J connectivity index is 1.53. The molecule has 110 valence electrons. The number of hydrogen-bond donors (Lipinski definition) is 2. The van der Waals surface area contributed by atoms with Gasteiger partial charge >= 0.3 is 0 Å². The van der Waals surface area contributed by atoms with Gasteiger partial charge in [-0.25, -0.2) is 0 Å². The first-order valence-corrected chi connectivity index (χ1v) is 7.86. The Morgan fingerprint density at radius 3 is 2.85 bits per heavy atom. The van der Waals surface area contributed by atoms with Crippen LogP contribution in [0.1, 0.15) is 55.3 Å². The Hall–Kier alpha value is -1.36. The summed E-state index contributed by atoms with van der Waals surface area (Å²) in [6.07, 6.45) is 12.3. The molecule has 20 heavy (non-hydrogen) atoms. The van der Waals surface area contributed by atoms with Gasteiger partial charge in [0.05, 0.1) is 11.8 Å². The number of hydrogen-bond acceptors (Lipinski definition) is 3. The summed E-state index contributed by atoms with van der Waals surface area (Å²) in [5, 5.41) is 9.67. The van der Waals surface area contributed by atoms with Gasteiger partial charge in [0.1, 0.15) is 0 Å². The quantitative estimate of drug-likeness (QED) is 0.887. The molecule has 1 saturated carbocycles. The zero-order valence-electron chi connectivity index (χ0n) is 12.0. The molecule has 5 heteroatoms. The van der Waals surface area contributed by atoms with Gasteiger partial charge in [-0.1, -0.05) is 19.3 Å². The van der Waals surface area contributed by atoms with Gasteiger partial charge in [0.25, 0.3) is 5.91 Å². The van der Waals surface area contributed by atoms with Crippen molar-refractivity contribution in [2.75, 3.05) is 13.1 Å². The van der Waals surface area contributed by atoms with Crippen molar-refractivity contribution in [3.63, 3.8) is 0 Å². The molecular formula is C15H24N4O. The molecular weight excluding hydrogens is 252 g/mol. The summed E-state index contributed by atoms with van der Waals surface area (Å²) >= 11 is 0. The number of H-pyrrole nitrogens is 1. The number of nitrogens with one attached hydrogen (secondary N) is 2. The van der Waals surface area contributed by atoms with Crippen LogP contribution < -0.4 is 5.32 Å². The van der Waals surface area contributed by atoms with Crippen molar-refractivity contribution in [3.05, 3.63) is 18.0 Å². The van der Waals surface area contributed by atoms with E-state index in [1.165, 1.54) is 45.1 Å². The number of carbonyl (C=O) groups is 1. The van der Waals surface area contributed by atoms with E-state index < -0.39 is 0 Å². The summed E-state index contributed by atoms with van der Waals surface area (Å²) < 4.78 is 0. The van der Waals surface area contributed by atoms with E-state index >= 15 is 0 Å². The minimum absolute atomic E-state index is 0.00533. The summed E-state index contributed by atoms with van der Waals surface area (Å²) in [5.41, 5.74) is 0.625. The Labute approximate surface area is 120 Å². The van der Waals surface area contributed by atoms with Crippen LogP contribution in [0.25, 0.3) is 0 Å². The summed E-state index contributed by atoms with van der Waals surface area (Å²) in [7, 11) is 0. The molecule has 2 aliphatic rings. The van der Waals surface area contributed by atoms with Gasteiger partial charge in [-0.2, -0.15) is 5.10 Å². The van der Waals surface area contributed by atoms with Crippen molar-refractivity contribution < 1.29 is 4.79 Å². The van der Waals surface area contributed by atoms with Crippen molar-refractivity contribution in [1.29, 1.82) is 0 Å². The molecule has 0 spiro atoms. The molecule has 2 heterocycles. The fourth-order valence-corrected chi connectivity index (χ4v) is 3.55. The molecule has 0 radical (unpaired) electrons. The zero-order valence-corrected chi connectivity index (χ0v) is 12.0. The lowest BCUT2D eigenvalue weighted by molar-refractivity contribution is 0.0835. The number of amides is 1. The van der Waals surface area contributed by atoms with Gasteiger partial charge in [0.15, 0.2) is 0 Å². The molecule has 0 aromatic carbocycles. The van der Waals surface area contributed by atoms with E-state index in [1.807, 2.05) is 0 Å². The fourth-order valence-electron chi connectivity index (χ4n) is 3.55. The lowest BCUT2D eigenvalue weighted by atomic mass is 9.92. The highest BCUT2D eigenvalue weighted by Crippen LogP contribution is 2.25. The molecule has 1 aromatic heterocycles. The molecule has 1 atom stereocenters. The maximum absolute atomic E-state index is 12.1. The van der Waals surface area contributed by atoms with Gasteiger partial charge < -0.3 is 5.32 Å². The molecule has 1 aliphatic carbocycles. The minimum atomic E-state index is -0.00533. The SMILES string of the molecule is O=C(N[C@@H]1CCCN(C2CCCCC2)C1)c1cn[nH]c1. The number of nitrogens with zero attached hydrogens (tertiary/aromatic N) is 2. The van der Waals surface area contributed by atoms with Crippen LogP contribution in [0.4, 0.5) is 0 Å². The summed E-state index contributed by atoms with van der Waals surface area (Å²) in [4.78, 5) is 14.7. The number of aromatic amines is 1. The van der Waals surface area contributed by atoms with Crippen LogP contribution in [0.5, 0.6) is 0 Å². The van der Waals surface area contributed by atoms with E-state index in [9.17, 15) is 4.79 Å². The van der Waals surface area contributed by atoms with Crippen molar-refractivity contribution in [1.82, 2.24) is 20.4 Å². The van der Waals surface area contributed by atoms with E-state index in [4.69, 9.17) is 0 Å². The van der Waals surface area contributed by atoms with Crippen LogP contribution in [-0.2, 0) is 0 Å². The predicted octanol–water partition coefficient (Wildman–Crippen LogP) is 1.94. The van der Waals surface area contributed by atoms with Crippen LogP contribution in [0.3, 0.4) is 0 Å². The largest absolute Gasteiger partial charge is 0.348 e. The predicted molar refractivity (Wildman–Crippen MR) is 77.5 cm³/mol. The Morgan fingerprint density at radius 2 is 2.10 bits per heavy atom. The number of piperidine rings is 1. The standard InChI is InChI=1S/C15H24N4O/c20-15(12-9-16-17-10-12)18-13-5-4-8-19(11-13)14-6-2-1-3-7-14/h9-10,13-14H,1-8,11H2,(H,16,17)(H,18,20)/t13-/m1/s1. The van der Waals surface area contributed by atoms with Crippen LogP contribution in [0.15, 0.2) is 12.4 Å². The first-order valence-electron chi connectivity index (χ1n) is 7.86. The van der Waals surface area contributed by atoms with Gasteiger partial charge in [-0.05, 0) is 32.2 Å². The van der Waals surface area contributed by atoms with E-state index in [-0.39, 0.29) is 11.9 Å². The molecule has 3 rings (SSSR count). The first kappa shape index (κ1) is 13.6. The molecule has 2 N–H and O–H groups in total. The summed E-state index contributed by atoms with van der Waals surface area (Å²) in [6.45, 7) is 2.21. The van der Waals surface area contributed by atoms with Crippen molar-refractivity contribution in [2.45, 2.75) is 57.0 Å². The normalized spacial score (nSPS) is 25.5. The second-order valence-electron chi connectivity index (χ2n) is 6.09. The summed E-state index contributed by atoms with van der Waals surface area (Å²) in [6, 6.07) is 1.03. The van der Waals surface area contributed by atoms with E-state index in [0.717, 1.165) is 19.0 Å².